The molecule has 1 aliphatic rings. The normalized spacial score (nSPS) is 17.6. The number of carbonyl (C=O) groups excluding carboxylic acids is 1. The van der Waals surface area contributed by atoms with Gasteiger partial charge in [0.05, 0.1) is 5.01 Å². The molecule has 124 valence electrons. The molecule has 0 radical (unpaired) electrons. The Morgan fingerprint density at radius 3 is 3.00 bits per heavy atom. The van der Waals surface area contributed by atoms with Crippen LogP contribution in [0.5, 0.6) is 0 Å². The van der Waals surface area contributed by atoms with Crippen LogP contribution in [0.2, 0.25) is 0 Å². The number of thiazole rings is 1. The minimum atomic E-state index is -0.137. The number of nitrogens with zero attached hydrogens (tertiary/aromatic N) is 4. The van der Waals surface area contributed by atoms with Crippen LogP contribution in [0.25, 0.3) is 0 Å². The number of hydrogen-bond donors (Lipinski definition) is 1. The zero-order valence-corrected chi connectivity index (χ0v) is 14.2. The van der Waals surface area contributed by atoms with Crippen LogP contribution in [0.1, 0.15) is 47.5 Å². The van der Waals surface area contributed by atoms with Crippen LogP contribution in [0.15, 0.2) is 10.2 Å². The van der Waals surface area contributed by atoms with Gasteiger partial charge in [0.1, 0.15) is 11.5 Å². The minimum Gasteiger partial charge on any atom is -0.348 e. The molecule has 1 N–H and O–H groups in total. The highest BCUT2D eigenvalue weighted by atomic mass is 32.1. The van der Waals surface area contributed by atoms with E-state index in [1.807, 2.05) is 13.8 Å². The monoisotopic (exact) mass is 335 g/mol. The lowest BCUT2D eigenvalue weighted by Crippen LogP contribution is -2.36. The molecule has 0 saturated heterocycles. The van der Waals surface area contributed by atoms with Gasteiger partial charge < -0.3 is 5.32 Å². The van der Waals surface area contributed by atoms with E-state index in [-0.39, 0.29) is 17.6 Å². The van der Waals surface area contributed by atoms with Crippen LogP contribution >= 0.6 is 11.3 Å². The fraction of sp³-hybridized carbons (Fsp3) is 0.600. The van der Waals surface area contributed by atoms with E-state index in [9.17, 15) is 9.59 Å². The SMILES string of the molecule is CCCn1nc2n(c1=O)CCC(NC(=O)c1csc(C)n1)CC2. The van der Waals surface area contributed by atoms with E-state index in [4.69, 9.17) is 0 Å². The number of nitrogens with one attached hydrogen (secondary N) is 1. The van der Waals surface area contributed by atoms with Crippen molar-refractivity contribution in [3.63, 3.8) is 0 Å². The number of aryl methyl sites for hydroxylation is 3. The van der Waals surface area contributed by atoms with E-state index in [2.05, 4.69) is 15.4 Å². The molecular formula is C15H21N5O2S. The van der Waals surface area contributed by atoms with Gasteiger partial charge in [-0.1, -0.05) is 6.92 Å². The molecule has 2 aromatic heterocycles. The van der Waals surface area contributed by atoms with Crippen LogP contribution in [-0.4, -0.2) is 31.3 Å². The van der Waals surface area contributed by atoms with Gasteiger partial charge in [0.25, 0.3) is 5.91 Å². The van der Waals surface area contributed by atoms with Crippen molar-refractivity contribution in [2.45, 2.75) is 58.7 Å². The first-order chi connectivity index (χ1) is 11.1. The molecule has 1 amide bonds. The fourth-order valence-corrected chi connectivity index (χ4v) is 3.45. The lowest BCUT2D eigenvalue weighted by molar-refractivity contribution is 0.0928. The van der Waals surface area contributed by atoms with Crippen LogP contribution in [0, 0.1) is 6.92 Å². The van der Waals surface area contributed by atoms with E-state index in [1.165, 1.54) is 11.3 Å². The summed E-state index contributed by atoms with van der Waals surface area (Å²) in [6.07, 6.45) is 3.12. The molecule has 2 aromatic rings. The molecule has 0 saturated carbocycles. The third-order valence-corrected chi connectivity index (χ3v) is 4.81. The van der Waals surface area contributed by atoms with E-state index in [1.54, 1.807) is 14.6 Å². The first kappa shape index (κ1) is 15.9. The second-order valence-corrected chi connectivity index (χ2v) is 6.89. The summed E-state index contributed by atoms with van der Waals surface area (Å²) in [6, 6.07) is 0.0465. The lowest BCUT2D eigenvalue weighted by atomic mass is 10.1. The summed E-state index contributed by atoms with van der Waals surface area (Å²) in [5.41, 5.74) is 0.434. The van der Waals surface area contributed by atoms with E-state index in [0.717, 1.165) is 30.1 Å². The second kappa shape index (κ2) is 6.66. The summed E-state index contributed by atoms with van der Waals surface area (Å²) in [7, 11) is 0. The molecule has 8 heteroatoms. The highest BCUT2D eigenvalue weighted by Gasteiger charge is 2.22. The van der Waals surface area contributed by atoms with Crippen molar-refractivity contribution in [1.29, 1.82) is 0 Å². The van der Waals surface area contributed by atoms with Gasteiger partial charge in [0.2, 0.25) is 0 Å². The summed E-state index contributed by atoms with van der Waals surface area (Å²) < 4.78 is 3.29. The largest absolute Gasteiger partial charge is 0.348 e. The Morgan fingerprint density at radius 1 is 1.48 bits per heavy atom. The zero-order valence-electron chi connectivity index (χ0n) is 13.4. The number of rotatable bonds is 4. The van der Waals surface area contributed by atoms with Crippen LogP contribution in [-0.2, 0) is 19.5 Å². The Hall–Kier alpha value is -1.96. The first-order valence-corrected chi connectivity index (χ1v) is 8.86. The summed E-state index contributed by atoms with van der Waals surface area (Å²) in [5, 5.41) is 10.1. The van der Waals surface area contributed by atoms with Gasteiger partial charge in [-0.2, -0.15) is 5.10 Å². The molecule has 3 rings (SSSR count). The molecule has 1 atom stereocenters. The predicted molar refractivity (Wildman–Crippen MR) is 87.8 cm³/mol. The number of carbonyl (C=O) groups is 1. The first-order valence-electron chi connectivity index (χ1n) is 7.98. The number of fused-ring (bicyclic) bond motifs is 1. The third kappa shape index (κ3) is 3.36. The molecular weight excluding hydrogens is 314 g/mol. The van der Waals surface area contributed by atoms with E-state index in [0.29, 0.717) is 25.2 Å². The average molecular weight is 335 g/mol. The summed E-state index contributed by atoms with van der Waals surface area (Å²) in [6.45, 7) is 5.16. The van der Waals surface area contributed by atoms with Crippen molar-refractivity contribution >= 4 is 17.2 Å². The van der Waals surface area contributed by atoms with Crippen molar-refractivity contribution in [2.24, 2.45) is 0 Å². The maximum absolute atomic E-state index is 12.3. The second-order valence-electron chi connectivity index (χ2n) is 5.82. The minimum absolute atomic E-state index is 0.0380. The summed E-state index contributed by atoms with van der Waals surface area (Å²) in [4.78, 5) is 28.7. The van der Waals surface area contributed by atoms with Crippen LogP contribution < -0.4 is 11.0 Å². The molecule has 1 unspecified atom stereocenters. The maximum Gasteiger partial charge on any atom is 0.345 e. The highest BCUT2D eigenvalue weighted by molar-refractivity contribution is 7.09. The average Bonchev–Trinajstić information content (AvgIpc) is 3.01. The van der Waals surface area contributed by atoms with Crippen molar-refractivity contribution in [3.8, 4) is 0 Å². The molecule has 0 fully saturated rings. The van der Waals surface area contributed by atoms with Gasteiger partial charge >= 0.3 is 5.69 Å². The molecule has 0 bridgehead atoms. The molecule has 1 aliphatic heterocycles. The molecule has 7 nitrogen and oxygen atoms in total. The number of hydrogen-bond acceptors (Lipinski definition) is 5. The topological polar surface area (TPSA) is 81.8 Å². The van der Waals surface area contributed by atoms with Gasteiger partial charge in [0.15, 0.2) is 0 Å². The Kier molecular flexibility index (Phi) is 4.61. The Bertz CT molecular complexity index is 760. The van der Waals surface area contributed by atoms with Gasteiger partial charge in [-0.15, -0.1) is 11.3 Å². The quantitative estimate of drug-likeness (QED) is 0.914. The van der Waals surface area contributed by atoms with Gasteiger partial charge in [-0.05, 0) is 26.2 Å². The van der Waals surface area contributed by atoms with E-state index < -0.39 is 0 Å². The number of amides is 1. The number of aromatic nitrogens is 4. The Balaban J connectivity index is 1.66. The lowest BCUT2D eigenvalue weighted by Gasteiger charge is -2.15. The van der Waals surface area contributed by atoms with E-state index >= 15 is 0 Å². The molecule has 0 aromatic carbocycles. The molecule has 23 heavy (non-hydrogen) atoms. The van der Waals surface area contributed by atoms with Gasteiger partial charge in [-0.25, -0.2) is 14.5 Å². The van der Waals surface area contributed by atoms with Crippen molar-refractivity contribution in [2.75, 3.05) is 0 Å². The van der Waals surface area contributed by atoms with Crippen molar-refractivity contribution in [3.05, 3.63) is 32.4 Å². The zero-order chi connectivity index (χ0) is 16.4. The Labute approximate surface area is 138 Å². The summed E-state index contributed by atoms with van der Waals surface area (Å²) in [5.74, 6) is 0.687. The molecule has 0 aliphatic carbocycles. The smallest absolute Gasteiger partial charge is 0.345 e. The predicted octanol–water partition coefficient (Wildman–Crippen LogP) is 1.35. The maximum atomic E-state index is 12.3. The molecule has 0 spiro atoms. The molecule has 3 heterocycles. The summed E-state index contributed by atoms with van der Waals surface area (Å²) >= 11 is 1.47. The Morgan fingerprint density at radius 2 is 2.30 bits per heavy atom. The standard InChI is InChI=1S/C15H21N5O2S/c1-3-7-20-15(22)19-8-6-11(4-5-13(19)18-20)17-14(21)12-9-23-10(2)16-12/h9,11H,3-8H2,1-2H3,(H,17,21). The van der Waals surface area contributed by atoms with Crippen LogP contribution in [0.4, 0.5) is 0 Å². The van der Waals surface area contributed by atoms with Crippen molar-refractivity contribution < 1.29 is 4.79 Å². The van der Waals surface area contributed by atoms with Crippen LogP contribution in [0.3, 0.4) is 0 Å². The highest BCUT2D eigenvalue weighted by Crippen LogP contribution is 2.14. The van der Waals surface area contributed by atoms with Gasteiger partial charge in [0, 0.05) is 30.9 Å². The fourth-order valence-electron chi connectivity index (χ4n) is 2.86. The third-order valence-electron chi connectivity index (χ3n) is 4.04. The van der Waals surface area contributed by atoms with Gasteiger partial charge in [-0.3, -0.25) is 9.36 Å². The van der Waals surface area contributed by atoms with Crippen molar-refractivity contribution in [1.82, 2.24) is 24.6 Å².